The van der Waals surface area contributed by atoms with Gasteiger partial charge in [0.25, 0.3) is 11.7 Å². The summed E-state index contributed by atoms with van der Waals surface area (Å²) in [5.41, 5.74) is 0.812. The number of methoxy groups -OCH3 is 1. The van der Waals surface area contributed by atoms with Crippen LogP contribution in [0.15, 0.2) is 72.3 Å². The van der Waals surface area contributed by atoms with Gasteiger partial charge < -0.3 is 19.7 Å². The number of nitrogens with zero attached hydrogens (tertiary/aromatic N) is 1. The van der Waals surface area contributed by atoms with Gasteiger partial charge in [0.1, 0.15) is 17.3 Å². The second kappa shape index (κ2) is 10.1. The van der Waals surface area contributed by atoms with E-state index in [1.807, 2.05) is 0 Å². The number of esters is 1. The van der Waals surface area contributed by atoms with Crippen molar-refractivity contribution in [3.63, 3.8) is 0 Å². The summed E-state index contributed by atoms with van der Waals surface area (Å²) in [4.78, 5) is 40.1. The van der Waals surface area contributed by atoms with Gasteiger partial charge in [-0.3, -0.25) is 14.5 Å². The molecule has 1 amide bonds. The van der Waals surface area contributed by atoms with Gasteiger partial charge >= 0.3 is 5.97 Å². The number of phenols is 1. The molecule has 0 radical (unpaired) electrons. The van der Waals surface area contributed by atoms with E-state index in [0.29, 0.717) is 10.6 Å². The van der Waals surface area contributed by atoms with Gasteiger partial charge in [-0.15, -0.1) is 0 Å². The zero-order chi connectivity index (χ0) is 26.0. The third-order valence-corrected chi connectivity index (χ3v) is 6.00. The van der Waals surface area contributed by atoms with Crippen LogP contribution < -0.4 is 9.64 Å². The van der Waals surface area contributed by atoms with Crippen LogP contribution in [0.25, 0.3) is 5.76 Å². The summed E-state index contributed by atoms with van der Waals surface area (Å²) >= 11 is 6.10. The molecule has 1 aliphatic heterocycles. The Hall–Kier alpha value is -4.30. The zero-order valence-electron chi connectivity index (χ0n) is 19.4. The lowest BCUT2D eigenvalue weighted by Gasteiger charge is -2.26. The summed E-state index contributed by atoms with van der Waals surface area (Å²) in [5.74, 6) is -2.69. The smallest absolute Gasteiger partial charge is 0.338 e. The average Bonchev–Trinajstić information content (AvgIpc) is 3.14. The Morgan fingerprint density at radius 2 is 1.78 bits per heavy atom. The SMILES string of the molecule is CCOC(=O)c1cccc(N2C(=O)C(=O)/C(=C(/O)c3ccc(Cl)c(OC)c3)C2c2cccc(O)c2)c1. The van der Waals surface area contributed by atoms with Crippen molar-refractivity contribution in [1.82, 2.24) is 0 Å². The van der Waals surface area contributed by atoms with Crippen LogP contribution in [0, 0.1) is 0 Å². The third kappa shape index (κ3) is 4.50. The summed E-state index contributed by atoms with van der Waals surface area (Å²) < 4.78 is 10.3. The molecule has 1 aliphatic rings. The van der Waals surface area contributed by atoms with Gasteiger partial charge in [-0.05, 0) is 61.0 Å². The third-order valence-electron chi connectivity index (χ3n) is 5.69. The molecule has 36 heavy (non-hydrogen) atoms. The van der Waals surface area contributed by atoms with E-state index in [0.717, 1.165) is 0 Å². The standard InChI is InChI=1S/C27H22ClNO7/c1-3-36-27(34)17-7-4-8-18(12-17)29-23(15-6-5-9-19(30)13-15)22(25(32)26(29)33)24(31)16-10-11-20(28)21(14-16)35-2/h4-14,23,30-31H,3H2,1-2H3/b24-22+. The summed E-state index contributed by atoms with van der Waals surface area (Å²) in [6, 6.07) is 15.5. The van der Waals surface area contributed by atoms with E-state index in [2.05, 4.69) is 0 Å². The number of phenolic OH excluding ortho intramolecular Hbond substituents is 1. The lowest BCUT2D eigenvalue weighted by molar-refractivity contribution is -0.132. The highest BCUT2D eigenvalue weighted by molar-refractivity contribution is 6.51. The first kappa shape index (κ1) is 24.8. The Labute approximate surface area is 211 Å². The van der Waals surface area contributed by atoms with Crippen molar-refractivity contribution in [2.24, 2.45) is 0 Å². The van der Waals surface area contributed by atoms with E-state index in [-0.39, 0.29) is 40.5 Å². The lowest BCUT2D eigenvalue weighted by atomic mass is 9.95. The van der Waals surface area contributed by atoms with Crippen LogP contribution in [-0.2, 0) is 14.3 Å². The Morgan fingerprint density at radius 3 is 2.47 bits per heavy atom. The van der Waals surface area contributed by atoms with Crippen LogP contribution in [0.1, 0.15) is 34.5 Å². The first-order valence-corrected chi connectivity index (χ1v) is 11.4. The Balaban J connectivity index is 1.93. The predicted molar refractivity (Wildman–Crippen MR) is 133 cm³/mol. The number of carbonyl (C=O) groups is 3. The molecule has 0 bridgehead atoms. The molecule has 184 valence electrons. The number of aromatic hydroxyl groups is 1. The first-order valence-electron chi connectivity index (χ1n) is 11.0. The fourth-order valence-electron chi connectivity index (χ4n) is 4.07. The second-order valence-corrected chi connectivity index (χ2v) is 8.29. The van der Waals surface area contributed by atoms with Crippen LogP contribution in [-0.4, -0.2) is 41.6 Å². The zero-order valence-corrected chi connectivity index (χ0v) is 20.2. The minimum Gasteiger partial charge on any atom is -0.508 e. The number of carbonyl (C=O) groups excluding carboxylic acids is 3. The van der Waals surface area contributed by atoms with Crippen molar-refractivity contribution in [3.05, 3.63) is 94.0 Å². The highest BCUT2D eigenvalue weighted by atomic mass is 35.5. The molecular weight excluding hydrogens is 486 g/mol. The number of anilines is 1. The molecule has 8 nitrogen and oxygen atoms in total. The van der Waals surface area contributed by atoms with Crippen LogP contribution in [0.4, 0.5) is 5.69 Å². The molecule has 9 heteroatoms. The van der Waals surface area contributed by atoms with Crippen LogP contribution in [0.5, 0.6) is 11.5 Å². The minimum absolute atomic E-state index is 0.0912. The fourth-order valence-corrected chi connectivity index (χ4v) is 4.26. The average molecular weight is 508 g/mol. The van der Waals surface area contributed by atoms with Crippen molar-refractivity contribution < 1.29 is 34.1 Å². The molecule has 3 aromatic carbocycles. The van der Waals surface area contributed by atoms with Crippen LogP contribution >= 0.6 is 11.6 Å². The van der Waals surface area contributed by atoms with Crippen molar-refractivity contribution in [2.75, 3.05) is 18.6 Å². The first-order chi connectivity index (χ1) is 17.3. The fraction of sp³-hybridized carbons (Fsp3) is 0.148. The van der Waals surface area contributed by atoms with Crippen molar-refractivity contribution in [3.8, 4) is 11.5 Å². The largest absolute Gasteiger partial charge is 0.508 e. The molecule has 2 N–H and O–H groups in total. The minimum atomic E-state index is -1.10. The van der Waals surface area contributed by atoms with E-state index in [9.17, 15) is 24.6 Å². The van der Waals surface area contributed by atoms with Crippen molar-refractivity contribution >= 4 is 40.7 Å². The van der Waals surface area contributed by atoms with Gasteiger partial charge in [0.15, 0.2) is 0 Å². The van der Waals surface area contributed by atoms with Crippen molar-refractivity contribution in [2.45, 2.75) is 13.0 Å². The van der Waals surface area contributed by atoms with Gasteiger partial charge in [-0.2, -0.15) is 0 Å². The maximum absolute atomic E-state index is 13.3. The molecule has 1 saturated heterocycles. The Bertz CT molecular complexity index is 1400. The molecule has 0 spiro atoms. The maximum Gasteiger partial charge on any atom is 0.338 e. The Morgan fingerprint density at radius 1 is 1.03 bits per heavy atom. The number of amides is 1. The number of ketones is 1. The van der Waals surface area contributed by atoms with Gasteiger partial charge in [-0.1, -0.05) is 29.8 Å². The number of Topliss-reactive ketones (excluding diaryl/α,β-unsaturated/α-hetero) is 1. The van der Waals surface area contributed by atoms with E-state index in [4.69, 9.17) is 21.1 Å². The number of benzene rings is 3. The van der Waals surface area contributed by atoms with Crippen LogP contribution in [0.3, 0.4) is 0 Å². The van der Waals surface area contributed by atoms with Gasteiger partial charge in [-0.25, -0.2) is 4.79 Å². The number of hydrogen-bond donors (Lipinski definition) is 2. The molecule has 4 rings (SSSR count). The highest BCUT2D eigenvalue weighted by Crippen LogP contribution is 2.43. The number of rotatable bonds is 6. The van der Waals surface area contributed by atoms with Gasteiger partial charge in [0.2, 0.25) is 0 Å². The molecule has 1 atom stereocenters. The molecule has 0 saturated carbocycles. The normalized spacial score (nSPS) is 16.8. The highest BCUT2D eigenvalue weighted by Gasteiger charge is 2.47. The van der Waals surface area contributed by atoms with Gasteiger partial charge in [0.05, 0.1) is 35.9 Å². The topological polar surface area (TPSA) is 113 Å². The van der Waals surface area contributed by atoms with E-state index in [1.165, 1.54) is 54.5 Å². The van der Waals surface area contributed by atoms with E-state index >= 15 is 0 Å². The number of aliphatic hydroxyl groups is 1. The van der Waals surface area contributed by atoms with E-state index in [1.54, 1.807) is 31.2 Å². The number of ether oxygens (including phenoxy) is 2. The number of halogens is 1. The second-order valence-electron chi connectivity index (χ2n) is 7.88. The monoisotopic (exact) mass is 507 g/mol. The quantitative estimate of drug-likeness (QED) is 0.212. The summed E-state index contributed by atoms with van der Waals surface area (Å²) in [6.07, 6.45) is 0. The number of aliphatic hydroxyl groups excluding tert-OH is 1. The molecule has 3 aromatic rings. The summed E-state index contributed by atoms with van der Waals surface area (Å²) in [5, 5.41) is 21.7. The molecule has 1 unspecified atom stereocenters. The molecular formula is C27H22ClNO7. The van der Waals surface area contributed by atoms with E-state index < -0.39 is 29.5 Å². The number of hydrogen-bond acceptors (Lipinski definition) is 7. The lowest BCUT2D eigenvalue weighted by Crippen LogP contribution is -2.29. The Kier molecular flexibility index (Phi) is 6.98. The molecule has 1 heterocycles. The predicted octanol–water partition coefficient (Wildman–Crippen LogP) is 4.86. The summed E-state index contributed by atoms with van der Waals surface area (Å²) in [6.45, 7) is 1.84. The molecule has 0 aromatic heterocycles. The van der Waals surface area contributed by atoms with Crippen LogP contribution in [0.2, 0.25) is 5.02 Å². The maximum atomic E-state index is 13.3. The molecule has 1 fully saturated rings. The van der Waals surface area contributed by atoms with Gasteiger partial charge in [0, 0.05) is 11.3 Å². The van der Waals surface area contributed by atoms with Crippen molar-refractivity contribution in [1.29, 1.82) is 0 Å². The summed E-state index contributed by atoms with van der Waals surface area (Å²) in [7, 11) is 1.41. The molecule has 0 aliphatic carbocycles.